The van der Waals surface area contributed by atoms with Gasteiger partial charge in [0.25, 0.3) is 11.5 Å². The van der Waals surface area contributed by atoms with E-state index in [1.807, 2.05) is 0 Å². The lowest BCUT2D eigenvalue weighted by atomic mass is 10.1. The summed E-state index contributed by atoms with van der Waals surface area (Å²) >= 11 is 5.16. The lowest BCUT2D eigenvalue weighted by Crippen LogP contribution is -2.28. The molecule has 3 rings (SSSR count). The van der Waals surface area contributed by atoms with Crippen LogP contribution >= 0.6 is 12.2 Å². The number of nitrogens with one attached hydrogen (secondary N) is 2. The van der Waals surface area contributed by atoms with Crippen molar-refractivity contribution in [2.45, 2.75) is 18.8 Å². The second-order valence-electron chi connectivity index (χ2n) is 6.74. The number of fused-ring (bicyclic) bond motifs is 1. The molecule has 0 saturated carbocycles. The summed E-state index contributed by atoms with van der Waals surface area (Å²) in [6.45, 7) is 3.52. The molecule has 3 aromatic rings. The molecule has 0 aliphatic heterocycles. The molecule has 0 aliphatic carbocycles. The van der Waals surface area contributed by atoms with Gasteiger partial charge in [-0.1, -0.05) is 18.2 Å². The van der Waals surface area contributed by atoms with Crippen molar-refractivity contribution in [1.29, 1.82) is 0 Å². The number of alkyl halides is 3. The number of rotatable bonds is 6. The highest BCUT2D eigenvalue weighted by molar-refractivity contribution is 7.71. The molecule has 1 atom stereocenters. The van der Waals surface area contributed by atoms with Crippen LogP contribution in [0.4, 0.5) is 13.2 Å². The quantitative estimate of drug-likeness (QED) is 0.395. The van der Waals surface area contributed by atoms with E-state index in [9.17, 15) is 27.9 Å². The van der Waals surface area contributed by atoms with Crippen molar-refractivity contribution < 1.29 is 23.1 Å². The first-order chi connectivity index (χ1) is 14.6. The molecule has 0 bridgehead atoms. The number of hydrogen-bond donors (Lipinski definition) is 3. The minimum absolute atomic E-state index is 0.0282. The van der Waals surface area contributed by atoms with Crippen molar-refractivity contribution in [2.75, 3.05) is 6.54 Å². The van der Waals surface area contributed by atoms with Crippen LogP contribution in [0.15, 0.2) is 59.9 Å². The number of hydrogen-bond acceptors (Lipinski definition) is 4. The van der Waals surface area contributed by atoms with Crippen LogP contribution in [0.5, 0.6) is 0 Å². The molecule has 0 aliphatic rings. The molecule has 2 aromatic carbocycles. The van der Waals surface area contributed by atoms with Crippen LogP contribution < -0.4 is 10.9 Å². The lowest BCUT2D eigenvalue weighted by Gasteiger charge is -2.15. The molecule has 0 saturated heterocycles. The Morgan fingerprint density at radius 2 is 2.03 bits per heavy atom. The second kappa shape index (κ2) is 8.86. The van der Waals surface area contributed by atoms with Gasteiger partial charge < -0.3 is 15.4 Å². The number of aromatic amines is 1. The third-order valence-electron chi connectivity index (χ3n) is 4.61. The van der Waals surface area contributed by atoms with Gasteiger partial charge in [-0.25, -0.2) is 0 Å². The first-order valence-corrected chi connectivity index (χ1v) is 9.54. The average Bonchev–Trinajstić information content (AvgIpc) is 2.73. The largest absolute Gasteiger partial charge is 0.416 e. The Kier molecular flexibility index (Phi) is 6.42. The van der Waals surface area contributed by atoms with E-state index in [1.165, 1.54) is 41.0 Å². The van der Waals surface area contributed by atoms with Crippen LogP contribution in [0.3, 0.4) is 0 Å². The molecule has 1 heterocycles. The molecule has 3 N–H and O–H groups in total. The van der Waals surface area contributed by atoms with Crippen molar-refractivity contribution in [3.05, 3.63) is 86.9 Å². The topological polar surface area (TPSA) is 87.1 Å². The van der Waals surface area contributed by atoms with Crippen LogP contribution in [0.1, 0.15) is 27.6 Å². The number of aliphatic hydroxyl groups is 1. The van der Waals surface area contributed by atoms with Crippen LogP contribution in [-0.4, -0.2) is 27.1 Å². The van der Waals surface area contributed by atoms with Crippen molar-refractivity contribution in [3.63, 3.8) is 0 Å². The van der Waals surface area contributed by atoms with E-state index in [4.69, 9.17) is 12.2 Å². The normalized spacial score (nSPS) is 12.5. The molecular weight excluding hydrogens is 431 g/mol. The van der Waals surface area contributed by atoms with Crippen LogP contribution in [0.25, 0.3) is 10.9 Å². The van der Waals surface area contributed by atoms with Gasteiger partial charge >= 0.3 is 6.18 Å². The maximum Gasteiger partial charge on any atom is 0.416 e. The third kappa shape index (κ3) is 4.92. The molecule has 1 amide bonds. The van der Waals surface area contributed by atoms with E-state index >= 15 is 0 Å². The monoisotopic (exact) mass is 449 g/mol. The van der Waals surface area contributed by atoms with Gasteiger partial charge in [-0.15, -0.1) is 6.58 Å². The summed E-state index contributed by atoms with van der Waals surface area (Å²) in [5.41, 5.74) is -0.634. The van der Waals surface area contributed by atoms with E-state index in [1.54, 1.807) is 0 Å². The number of carbonyl (C=O) groups excluding carboxylic acids is 1. The van der Waals surface area contributed by atoms with Gasteiger partial charge in [0.2, 0.25) is 0 Å². The zero-order valence-electron chi connectivity index (χ0n) is 16.1. The van der Waals surface area contributed by atoms with E-state index in [2.05, 4.69) is 16.9 Å². The minimum Gasteiger partial charge on any atom is -0.387 e. The molecule has 1 unspecified atom stereocenters. The van der Waals surface area contributed by atoms with Crippen molar-refractivity contribution in [3.8, 4) is 0 Å². The van der Waals surface area contributed by atoms with Crippen LogP contribution in [0.2, 0.25) is 0 Å². The number of nitrogens with zero attached hydrogens (tertiary/aromatic N) is 1. The maximum atomic E-state index is 12.8. The third-order valence-corrected chi connectivity index (χ3v) is 4.93. The minimum atomic E-state index is -4.53. The lowest BCUT2D eigenvalue weighted by molar-refractivity contribution is -0.137. The average molecular weight is 449 g/mol. The number of aliphatic hydroxyl groups excluding tert-OH is 1. The number of benzene rings is 2. The van der Waals surface area contributed by atoms with E-state index in [0.29, 0.717) is 10.9 Å². The van der Waals surface area contributed by atoms with Crippen LogP contribution in [-0.2, 0) is 12.7 Å². The molecule has 31 heavy (non-hydrogen) atoms. The summed E-state index contributed by atoms with van der Waals surface area (Å²) in [5.74, 6) is -0.567. The Balaban J connectivity index is 1.78. The highest BCUT2D eigenvalue weighted by Gasteiger charge is 2.30. The molecule has 0 radical (unpaired) electrons. The molecule has 1 aromatic heterocycles. The highest BCUT2D eigenvalue weighted by Crippen LogP contribution is 2.30. The fourth-order valence-electron chi connectivity index (χ4n) is 3.02. The second-order valence-corrected chi connectivity index (χ2v) is 7.13. The standard InChI is InChI=1S/C21H18F3N3O3S/c1-2-8-27-19(30)15-7-6-13(10-16(15)26-20(27)31)18(29)25-11-17(28)12-4-3-5-14(9-12)21(22,23)24/h2-7,9-10,17,28H,1,8,11H2,(H,25,29)(H,26,31). The predicted molar refractivity (Wildman–Crippen MR) is 112 cm³/mol. The first kappa shape index (κ1) is 22.4. The Morgan fingerprint density at radius 3 is 2.71 bits per heavy atom. The van der Waals surface area contributed by atoms with Gasteiger partial charge in [-0.3, -0.25) is 14.2 Å². The van der Waals surface area contributed by atoms with Gasteiger partial charge in [0.15, 0.2) is 4.77 Å². The van der Waals surface area contributed by atoms with Gasteiger partial charge in [0.05, 0.1) is 22.6 Å². The van der Waals surface area contributed by atoms with Crippen molar-refractivity contribution in [2.24, 2.45) is 0 Å². The van der Waals surface area contributed by atoms with Crippen molar-refractivity contribution in [1.82, 2.24) is 14.9 Å². The Labute approximate surface area is 179 Å². The number of halogens is 3. The first-order valence-electron chi connectivity index (χ1n) is 9.13. The van der Waals surface area contributed by atoms with Crippen LogP contribution in [0, 0.1) is 4.77 Å². The number of aromatic nitrogens is 2. The summed E-state index contributed by atoms with van der Waals surface area (Å²) in [5, 5.41) is 13.0. The summed E-state index contributed by atoms with van der Waals surface area (Å²) in [4.78, 5) is 27.8. The predicted octanol–water partition coefficient (Wildman–Crippen LogP) is 3.73. The molecule has 162 valence electrons. The zero-order valence-corrected chi connectivity index (χ0v) is 16.9. The zero-order chi connectivity index (χ0) is 22.8. The number of H-pyrrole nitrogens is 1. The van der Waals surface area contributed by atoms with E-state index in [-0.39, 0.29) is 34.5 Å². The Bertz CT molecular complexity index is 1260. The maximum absolute atomic E-state index is 12.8. The summed E-state index contributed by atoms with van der Waals surface area (Å²) in [7, 11) is 0. The fraction of sp³-hybridized carbons (Fsp3) is 0.190. The van der Waals surface area contributed by atoms with Crippen molar-refractivity contribution >= 4 is 29.0 Å². The highest BCUT2D eigenvalue weighted by atomic mass is 32.1. The smallest absolute Gasteiger partial charge is 0.387 e. The van der Waals surface area contributed by atoms with E-state index in [0.717, 1.165) is 12.1 Å². The fourth-order valence-corrected chi connectivity index (χ4v) is 3.29. The summed E-state index contributed by atoms with van der Waals surface area (Å²) in [6, 6.07) is 8.62. The van der Waals surface area contributed by atoms with Gasteiger partial charge in [0, 0.05) is 18.7 Å². The molecular formula is C21H18F3N3O3S. The van der Waals surface area contributed by atoms with E-state index < -0.39 is 23.8 Å². The number of allylic oxidation sites excluding steroid dienone is 1. The number of carbonyl (C=O) groups is 1. The van der Waals surface area contributed by atoms with Gasteiger partial charge in [-0.05, 0) is 48.1 Å². The Morgan fingerprint density at radius 1 is 1.29 bits per heavy atom. The molecule has 0 spiro atoms. The Hall–Kier alpha value is -3.24. The summed E-state index contributed by atoms with van der Waals surface area (Å²) < 4.78 is 40.0. The molecule has 10 heteroatoms. The SMILES string of the molecule is C=CCn1c(=S)[nH]c2cc(C(=O)NCC(O)c3cccc(C(F)(F)F)c3)ccc2c1=O. The molecule has 6 nitrogen and oxygen atoms in total. The number of amides is 1. The van der Waals surface area contributed by atoms with Gasteiger partial charge in [-0.2, -0.15) is 13.2 Å². The van der Waals surface area contributed by atoms with Gasteiger partial charge in [0.1, 0.15) is 0 Å². The molecule has 0 fully saturated rings. The summed E-state index contributed by atoms with van der Waals surface area (Å²) in [6.07, 6.45) is -4.33.